The van der Waals surface area contributed by atoms with Gasteiger partial charge in [0.15, 0.2) is 0 Å². The van der Waals surface area contributed by atoms with Gasteiger partial charge in [0, 0.05) is 24.0 Å². The highest BCUT2D eigenvalue weighted by atomic mass is 15.2. The summed E-state index contributed by atoms with van der Waals surface area (Å²) in [5, 5.41) is 9.10. The van der Waals surface area contributed by atoms with Gasteiger partial charge in [-0.2, -0.15) is 5.26 Å². The van der Waals surface area contributed by atoms with Crippen molar-refractivity contribution in [2.75, 3.05) is 6.54 Å². The van der Waals surface area contributed by atoms with Crippen LogP contribution >= 0.6 is 0 Å². The van der Waals surface area contributed by atoms with E-state index in [1.807, 2.05) is 0 Å². The lowest BCUT2D eigenvalue weighted by molar-refractivity contribution is 0.0138. The first-order valence-electron chi connectivity index (χ1n) is 7.30. The Hall–Kier alpha value is -0.550. The summed E-state index contributed by atoms with van der Waals surface area (Å²) in [6, 6.07) is 3.25. The maximum absolute atomic E-state index is 9.10. The van der Waals surface area contributed by atoms with Crippen LogP contribution in [0.1, 0.15) is 65.2 Å². The Labute approximate surface area is 106 Å². The van der Waals surface area contributed by atoms with Crippen molar-refractivity contribution in [1.29, 1.82) is 5.26 Å². The topological polar surface area (TPSA) is 27.0 Å². The van der Waals surface area contributed by atoms with Crippen molar-refractivity contribution in [1.82, 2.24) is 4.90 Å². The molecule has 2 nitrogen and oxygen atoms in total. The Balaban J connectivity index is 2.02. The minimum absolute atomic E-state index is 0.230. The van der Waals surface area contributed by atoms with Crippen LogP contribution in [-0.2, 0) is 0 Å². The molecular formula is C15H26N2. The molecule has 1 aliphatic carbocycles. The average Bonchev–Trinajstić information content (AvgIpc) is 2.56. The van der Waals surface area contributed by atoms with E-state index in [1.54, 1.807) is 0 Å². The first-order chi connectivity index (χ1) is 8.13. The molecule has 1 heterocycles. The second kappa shape index (κ2) is 5.40. The molecule has 0 spiro atoms. The molecule has 2 rings (SSSR count). The molecular weight excluding hydrogens is 208 g/mol. The normalized spacial score (nSPS) is 31.7. The standard InChI is InChI=1S/C15H26N2/c1-15(2)11-13(12-16)9-10-17(15)14-7-5-3-4-6-8-14/h13-14H,3-11H2,1-2H3. The van der Waals surface area contributed by atoms with E-state index in [0.29, 0.717) is 0 Å². The number of piperidine rings is 1. The summed E-state index contributed by atoms with van der Waals surface area (Å²) in [5.74, 6) is 0.284. The minimum atomic E-state index is 0.230. The van der Waals surface area contributed by atoms with Gasteiger partial charge in [0.05, 0.1) is 6.07 Å². The molecule has 1 saturated heterocycles. The Morgan fingerprint density at radius 1 is 1.06 bits per heavy atom. The molecule has 0 bridgehead atoms. The van der Waals surface area contributed by atoms with E-state index in [1.165, 1.54) is 38.5 Å². The number of hydrogen-bond donors (Lipinski definition) is 0. The molecule has 0 aromatic heterocycles. The second-order valence-electron chi connectivity index (χ2n) is 6.47. The highest BCUT2D eigenvalue weighted by Gasteiger charge is 2.38. The predicted octanol–water partition coefficient (Wildman–Crippen LogP) is 3.72. The summed E-state index contributed by atoms with van der Waals surface area (Å²) in [4.78, 5) is 2.71. The molecule has 17 heavy (non-hydrogen) atoms. The predicted molar refractivity (Wildman–Crippen MR) is 70.6 cm³/mol. The summed E-state index contributed by atoms with van der Waals surface area (Å²) in [5.41, 5.74) is 0.230. The number of likely N-dealkylation sites (tertiary alicyclic amines) is 1. The van der Waals surface area contributed by atoms with Crippen molar-refractivity contribution in [2.45, 2.75) is 76.8 Å². The van der Waals surface area contributed by atoms with Crippen molar-refractivity contribution < 1.29 is 0 Å². The van der Waals surface area contributed by atoms with Gasteiger partial charge in [-0.25, -0.2) is 0 Å². The lowest BCUT2D eigenvalue weighted by Crippen LogP contribution is -2.54. The third-order valence-corrected chi connectivity index (χ3v) is 4.69. The first kappa shape index (κ1) is 12.9. The van der Waals surface area contributed by atoms with Gasteiger partial charge in [-0.3, -0.25) is 4.90 Å². The molecule has 1 saturated carbocycles. The fourth-order valence-corrected chi connectivity index (χ4v) is 3.78. The molecule has 0 aromatic rings. The molecule has 0 aromatic carbocycles. The molecule has 96 valence electrons. The van der Waals surface area contributed by atoms with E-state index in [-0.39, 0.29) is 11.5 Å². The first-order valence-corrected chi connectivity index (χ1v) is 7.30. The van der Waals surface area contributed by atoms with Crippen molar-refractivity contribution in [3.05, 3.63) is 0 Å². The maximum atomic E-state index is 9.10. The zero-order valence-corrected chi connectivity index (χ0v) is 11.4. The number of nitrogens with zero attached hydrogens (tertiary/aromatic N) is 2. The van der Waals surface area contributed by atoms with E-state index in [4.69, 9.17) is 5.26 Å². The van der Waals surface area contributed by atoms with Crippen molar-refractivity contribution >= 4 is 0 Å². The molecule has 1 atom stereocenters. The van der Waals surface area contributed by atoms with Crippen LogP contribution in [0, 0.1) is 17.2 Å². The van der Waals surface area contributed by atoms with Crippen LogP contribution in [0.3, 0.4) is 0 Å². The molecule has 0 radical (unpaired) electrons. The Morgan fingerprint density at radius 3 is 2.24 bits per heavy atom. The lowest BCUT2D eigenvalue weighted by Gasteiger charge is -2.48. The fraction of sp³-hybridized carbons (Fsp3) is 0.933. The molecule has 1 unspecified atom stereocenters. The molecule has 0 amide bonds. The van der Waals surface area contributed by atoms with Crippen LogP contribution in [0.5, 0.6) is 0 Å². The molecule has 2 heteroatoms. The lowest BCUT2D eigenvalue weighted by atomic mass is 9.81. The molecule has 1 aliphatic heterocycles. The highest BCUT2D eigenvalue weighted by molar-refractivity contribution is 4.99. The quantitative estimate of drug-likeness (QED) is 0.646. The Bertz CT molecular complexity index is 282. The highest BCUT2D eigenvalue weighted by Crippen LogP contribution is 2.36. The summed E-state index contributed by atoms with van der Waals surface area (Å²) in [6.45, 7) is 5.80. The zero-order valence-electron chi connectivity index (χ0n) is 11.4. The van der Waals surface area contributed by atoms with E-state index in [9.17, 15) is 0 Å². The number of rotatable bonds is 1. The third kappa shape index (κ3) is 3.01. The Kier molecular flexibility index (Phi) is 4.09. The van der Waals surface area contributed by atoms with E-state index < -0.39 is 0 Å². The fourth-order valence-electron chi connectivity index (χ4n) is 3.78. The smallest absolute Gasteiger partial charge is 0.0657 e. The minimum Gasteiger partial charge on any atom is -0.295 e. The van der Waals surface area contributed by atoms with Gasteiger partial charge >= 0.3 is 0 Å². The maximum Gasteiger partial charge on any atom is 0.0657 e. The van der Waals surface area contributed by atoms with Crippen LogP contribution in [0.25, 0.3) is 0 Å². The Morgan fingerprint density at radius 2 is 1.71 bits per heavy atom. The summed E-state index contributed by atoms with van der Waals surface area (Å²) < 4.78 is 0. The van der Waals surface area contributed by atoms with Gasteiger partial charge in [0.25, 0.3) is 0 Å². The van der Waals surface area contributed by atoms with E-state index in [2.05, 4.69) is 24.8 Å². The molecule has 2 aliphatic rings. The second-order valence-corrected chi connectivity index (χ2v) is 6.47. The van der Waals surface area contributed by atoms with Gasteiger partial charge in [-0.05, 0) is 39.5 Å². The van der Waals surface area contributed by atoms with Gasteiger partial charge in [-0.1, -0.05) is 25.7 Å². The zero-order chi connectivity index (χ0) is 12.3. The monoisotopic (exact) mass is 234 g/mol. The van der Waals surface area contributed by atoms with Crippen LogP contribution in [0.15, 0.2) is 0 Å². The summed E-state index contributed by atoms with van der Waals surface area (Å²) >= 11 is 0. The third-order valence-electron chi connectivity index (χ3n) is 4.69. The SMILES string of the molecule is CC1(C)CC(C#N)CCN1C1CCCCCC1. The van der Waals surface area contributed by atoms with Gasteiger partial charge in [-0.15, -0.1) is 0 Å². The van der Waals surface area contributed by atoms with Crippen molar-refractivity contribution in [3.63, 3.8) is 0 Å². The average molecular weight is 234 g/mol. The van der Waals surface area contributed by atoms with Crippen LogP contribution in [-0.4, -0.2) is 23.0 Å². The van der Waals surface area contributed by atoms with Crippen LogP contribution < -0.4 is 0 Å². The molecule has 2 fully saturated rings. The number of nitriles is 1. The van der Waals surface area contributed by atoms with Gasteiger partial charge in [0.1, 0.15) is 0 Å². The van der Waals surface area contributed by atoms with Crippen molar-refractivity contribution in [2.24, 2.45) is 5.92 Å². The number of hydrogen-bond acceptors (Lipinski definition) is 2. The summed E-state index contributed by atoms with van der Waals surface area (Å²) in [7, 11) is 0. The van der Waals surface area contributed by atoms with Crippen LogP contribution in [0.2, 0.25) is 0 Å². The largest absolute Gasteiger partial charge is 0.295 e. The van der Waals surface area contributed by atoms with Gasteiger partial charge in [0.2, 0.25) is 0 Å². The van der Waals surface area contributed by atoms with E-state index >= 15 is 0 Å². The van der Waals surface area contributed by atoms with Crippen LogP contribution in [0.4, 0.5) is 0 Å². The van der Waals surface area contributed by atoms with E-state index in [0.717, 1.165) is 25.4 Å². The van der Waals surface area contributed by atoms with Crippen molar-refractivity contribution in [3.8, 4) is 6.07 Å². The summed E-state index contributed by atoms with van der Waals surface area (Å²) in [6.07, 6.45) is 10.5. The molecule has 0 N–H and O–H groups in total. The van der Waals surface area contributed by atoms with Gasteiger partial charge < -0.3 is 0 Å².